The van der Waals surface area contributed by atoms with Gasteiger partial charge in [0.1, 0.15) is 22.1 Å². The molecule has 2 aliphatic rings. The van der Waals surface area contributed by atoms with Crippen LogP contribution in [0.2, 0.25) is 0 Å². The van der Waals surface area contributed by atoms with Crippen LogP contribution in [0.15, 0.2) is 107 Å². The number of methoxy groups -OCH3 is 2. The molecule has 1 N–H and O–H groups in total. The average molecular weight is 593 g/mol. The van der Waals surface area contributed by atoms with Crippen molar-refractivity contribution in [2.75, 3.05) is 31.0 Å². The lowest BCUT2D eigenvalue weighted by Crippen LogP contribution is -2.41. The van der Waals surface area contributed by atoms with Crippen molar-refractivity contribution in [3.05, 3.63) is 128 Å². The van der Waals surface area contributed by atoms with Crippen LogP contribution in [-0.2, 0) is 9.59 Å². The minimum Gasteiger partial charge on any atom is -0.497 e. The molecule has 0 unspecified atom stereocenters. The summed E-state index contributed by atoms with van der Waals surface area (Å²) >= 11 is 1.13. The van der Waals surface area contributed by atoms with Crippen molar-refractivity contribution in [1.82, 2.24) is 4.57 Å². The highest BCUT2D eigenvalue weighted by Crippen LogP contribution is 2.38. The second kappa shape index (κ2) is 11.2. The second-order valence-corrected chi connectivity index (χ2v) is 10.9. The van der Waals surface area contributed by atoms with Crippen molar-refractivity contribution in [3.8, 4) is 11.5 Å². The zero-order valence-electron chi connectivity index (χ0n) is 23.8. The Bertz CT molecular complexity index is 2010. The van der Waals surface area contributed by atoms with Crippen LogP contribution < -0.4 is 34.6 Å². The molecule has 3 aromatic carbocycles. The fourth-order valence-corrected chi connectivity index (χ4v) is 6.67. The van der Waals surface area contributed by atoms with Gasteiger partial charge in [-0.3, -0.25) is 19.0 Å². The van der Waals surface area contributed by atoms with Gasteiger partial charge in [-0.2, -0.15) is 0 Å². The number of carbonyl (C=O) groups is 2. The smallest absolute Gasteiger partial charge is 0.271 e. The minimum absolute atomic E-state index is 0.248. The molecule has 43 heavy (non-hydrogen) atoms. The van der Waals surface area contributed by atoms with E-state index in [1.807, 2.05) is 42.5 Å². The molecular weight excluding hydrogens is 564 g/mol. The quantitative estimate of drug-likeness (QED) is 0.329. The Morgan fingerprint density at radius 2 is 1.79 bits per heavy atom. The summed E-state index contributed by atoms with van der Waals surface area (Å²) < 4.78 is 12.9. The summed E-state index contributed by atoms with van der Waals surface area (Å²) in [5, 5.41) is 2.94. The fraction of sp³-hybridized carbons (Fsp3) is 0.152. The number of hydrogen-bond donors (Lipinski definition) is 1. The number of carbonyl (C=O) groups excluding carboxylic acids is 2. The van der Waals surface area contributed by atoms with E-state index in [4.69, 9.17) is 14.5 Å². The molecule has 0 fully saturated rings. The standard InChI is InChI=1S/C33H28N4O5S/c1-5-17-36-24-14-10-9-13-22(24)27(31(36)39)29-32(40)37-28(23-16-15-21(41-3)18-25(23)42-4)26(19(2)34-33(37)43-29)30(38)35-20-11-7-6-8-12-20/h5-16,18,28H,1,17H2,2-4H3,(H,35,38)/b29-27+/t28-/m0/s1. The number of ether oxygens (including phenoxy) is 2. The SMILES string of the molecule is C=CCN1C(=O)/C(=c2/sc3n(c2=O)[C@@H](c2ccc(OC)cc2OC)C(C(=O)Nc2ccccc2)=C(C)N=3)c2ccccc21. The number of anilines is 2. The van der Waals surface area contributed by atoms with E-state index in [9.17, 15) is 14.4 Å². The molecule has 1 aromatic heterocycles. The molecule has 0 aliphatic carbocycles. The van der Waals surface area contributed by atoms with E-state index in [0.29, 0.717) is 56.6 Å². The summed E-state index contributed by atoms with van der Waals surface area (Å²) in [7, 11) is 3.07. The van der Waals surface area contributed by atoms with Gasteiger partial charge in [-0.1, -0.05) is 53.8 Å². The molecule has 9 nitrogen and oxygen atoms in total. The number of fused-ring (bicyclic) bond motifs is 2. The molecule has 0 radical (unpaired) electrons. The molecule has 4 aromatic rings. The Morgan fingerprint density at radius 3 is 2.51 bits per heavy atom. The Kier molecular flexibility index (Phi) is 7.29. The summed E-state index contributed by atoms with van der Waals surface area (Å²) in [6.45, 7) is 5.83. The second-order valence-electron chi connectivity index (χ2n) is 9.93. The van der Waals surface area contributed by atoms with Gasteiger partial charge in [-0.25, -0.2) is 4.99 Å². The number of rotatable bonds is 7. The number of allylic oxidation sites excluding steroid dienone is 1. The fourth-order valence-electron chi connectivity index (χ4n) is 5.53. The number of thiazole rings is 1. The first kappa shape index (κ1) is 27.9. The van der Waals surface area contributed by atoms with E-state index in [1.54, 1.807) is 55.3 Å². The van der Waals surface area contributed by atoms with E-state index in [2.05, 4.69) is 11.9 Å². The number of benzene rings is 3. The molecular formula is C33H28N4O5S. The van der Waals surface area contributed by atoms with Crippen molar-refractivity contribution in [2.24, 2.45) is 4.99 Å². The highest BCUT2D eigenvalue weighted by molar-refractivity contribution is 7.07. The molecule has 0 bridgehead atoms. The lowest BCUT2D eigenvalue weighted by atomic mass is 9.94. The van der Waals surface area contributed by atoms with Gasteiger partial charge in [-0.15, -0.1) is 6.58 Å². The monoisotopic (exact) mass is 592 g/mol. The first-order chi connectivity index (χ1) is 20.9. The maximum atomic E-state index is 14.4. The predicted octanol–water partition coefficient (Wildman–Crippen LogP) is 3.79. The Morgan fingerprint density at radius 1 is 1.05 bits per heavy atom. The predicted molar refractivity (Wildman–Crippen MR) is 166 cm³/mol. The highest BCUT2D eigenvalue weighted by atomic mass is 32.1. The maximum Gasteiger partial charge on any atom is 0.271 e. The van der Waals surface area contributed by atoms with E-state index in [1.165, 1.54) is 11.7 Å². The number of aromatic nitrogens is 1. The lowest BCUT2D eigenvalue weighted by Gasteiger charge is -2.26. The summed E-state index contributed by atoms with van der Waals surface area (Å²) in [4.78, 5) is 48.8. The molecule has 6 rings (SSSR count). The van der Waals surface area contributed by atoms with Gasteiger partial charge in [0.05, 0.1) is 36.8 Å². The number of nitrogens with one attached hydrogen (secondary N) is 1. The molecule has 0 spiro atoms. The van der Waals surface area contributed by atoms with Crippen LogP contribution in [-0.4, -0.2) is 37.1 Å². The molecule has 1 atom stereocenters. The van der Waals surface area contributed by atoms with Crippen LogP contribution in [0.5, 0.6) is 11.5 Å². The Labute approximate surface area is 251 Å². The van der Waals surface area contributed by atoms with Gasteiger partial charge in [0.2, 0.25) is 0 Å². The van der Waals surface area contributed by atoms with Gasteiger partial charge in [0.25, 0.3) is 17.4 Å². The van der Waals surface area contributed by atoms with Crippen LogP contribution in [0.4, 0.5) is 11.4 Å². The Balaban J connectivity index is 1.62. The largest absolute Gasteiger partial charge is 0.497 e. The van der Waals surface area contributed by atoms with Crippen LogP contribution in [0, 0.1) is 0 Å². The number of para-hydroxylation sites is 2. The molecule has 2 amide bonds. The molecule has 10 heteroatoms. The van der Waals surface area contributed by atoms with Crippen LogP contribution >= 0.6 is 11.3 Å². The molecule has 2 aliphatic heterocycles. The van der Waals surface area contributed by atoms with Crippen molar-refractivity contribution >= 4 is 40.1 Å². The normalized spacial score (nSPS) is 16.8. The van der Waals surface area contributed by atoms with Crippen molar-refractivity contribution in [3.63, 3.8) is 0 Å². The highest BCUT2D eigenvalue weighted by Gasteiger charge is 2.37. The van der Waals surface area contributed by atoms with Crippen molar-refractivity contribution < 1.29 is 19.1 Å². The number of hydrogen-bond acceptors (Lipinski definition) is 7. The topological polar surface area (TPSA) is 102 Å². The summed E-state index contributed by atoms with van der Waals surface area (Å²) in [6.07, 6.45) is 1.65. The first-order valence-electron chi connectivity index (χ1n) is 13.5. The van der Waals surface area contributed by atoms with E-state index < -0.39 is 17.5 Å². The van der Waals surface area contributed by atoms with Gasteiger partial charge in [0.15, 0.2) is 4.80 Å². The summed E-state index contributed by atoms with van der Waals surface area (Å²) in [5.41, 5.74) is 3.14. The number of nitrogens with zero attached hydrogens (tertiary/aromatic N) is 3. The summed E-state index contributed by atoms with van der Waals surface area (Å²) in [6, 6.07) is 20.8. The summed E-state index contributed by atoms with van der Waals surface area (Å²) in [5.74, 6) is 0.291. The maximum absolute atomic E-state index is 14.4. The first-order valence-corrected chi connectivity index (χ1v) is 14.3. The van der Waals surface area contributed by atoms with Crippen LogP contribution in [0.3, 0.4) is 0 Å². The zero-order valence-corrected chi connectivity index (χ0v) is 24.6. The van der Waals surface area contributed by atoms with Gasteiger partial charge < -0.3 is 19.7 Å². The van der Waals surface area contributed by atoms with E-state index >= 15 is 0 Å². The molecule has 0 saturated carbocycles. The van der Waals surface area contributed by atoms with Gasteiger partial charge in [0, 0.05) is 29.4 Å². The van der Waals surface area contributed by atoms with E-state index in [-0.39, 0.29) is 16.0 Å². The minimum atomic E-state index is -0.897. The molecule has 3 heterocycles. The third kappa shape index (κ3) is 4.65. The lowest BCUT2D eigenvalue weighted by molar-refractivity contribution is -0.114. The average Bonchev–Trinajstić information content (AvgIpc) is 3.48. The third-order valence-electron chi connectivity index (χ3n) is 7.47. The van der Waals surface area contributed by atoms with Gasteiger partial charge >= 0.3 is 0 Å². The third-order valence-corrected chi connectivity index (χ3v) is 8.52. The van der Waals surface area contributed by atoms with Crippen LogP contribution in [0.1, 0.15) is 24.1 Å². The molecule has 0 saturated heterocycles. The van der Waals surface area contributed by atoms with Crippen molar-refractivity contribution in [2.45, 2.75) is 13.0 Å². The zero-order chi connectivity index (χ0) is 30.2. The number of amides is 2. The molecule has 216 valence electrons. The van der Waals surface area contributed by atoms with Crippen LogP contribution in [0.25, 0.3) is 5.57 Å². The van der Waals surface area contributed by atoms with Gasteiger partial charge in [-0.05, 0) is 37.3 Å². The van der Waals surface area contributed by atoms with E-state index in [0.717, 1.165) is 11.3 Å². The Hall–Kier alpha value is -5.22. The van der Waals surface area contributed by atoms with Crippen molar-refractivity contribution in [1.29, 1.82) is 0 Å².